The van der Waals surface area contributed by atoms with Crippen LogP contribution in [0.25, 0.3) is 0 Å². The standard InChI is InChI=1S/C15H21F3N4O.HI/c1-11-6-4-5-7-12(11)8-20-14(19-2)21-9-13(23)22(3)10-15(16,17)18;/h4-7H,8-10H2,1-3H3,(H2,19,20,21);1H. The molecule has 0 aliphatic carbocycles. The Balaban J connectivity index is 0.00000529. The number of likely N-dealkylation sites (N-methyl/N-ethyl adjacent to an activating group) is 1. The Kier molecular flexibility index (Phi) is 9.71. The summed E-state index contributed by atoms with van der Waals surface area (Å²) in [6.45, 7) is 0.935. The number of nitrogens with zero attached hydrogens (tertiary/aromatic N) is 2. The van der Waals surface area contributed by atoms with Crippen LogP contribution in [0.15, 0.2) is 29.3 Å². The lowest BCUT2D eigenvalue weighted by atomic mass is 10.1. The average molecular weight is 458 g/mol. The van der Waals surface area contributed by atoms with Gasteiger partial charge in [-0.3, -0.25) is 9.79 Å². The summed E-state index contributed by atoms with van der Waals surface area (Å²) in [6.07, 6.45) is -4.41. The molecule has 0 atom stereocenters. The van der Waals surface area contributed by atoms with Crippen LogP contribution in [0.5, 0.6) is 0 Å². The predicted molar refractivity (Wildman–Crippen MR) is 98.5 cm³/mol. The maximum atomic E-state index is 12.2. The van der Waals surface area contributed by atoms with Crippen LogP contribution in [0.4, 0.5) is 13.2 Å². The van der Waals surface area contributed by atoms with Crippen molar-refractivity contribution in [1.82, 2.24) is 15.5 Å². The van der Waals surface area contributed by atoms with Gasteiger partial charge in [0.25, 0.3) is 0 Å². The molecule has 0 fully saturated rings. The average Bonchev–Trinajstić information content (AvgIpc) is 2.47. The van der Waals surface area contributed by atoms with E-state index < -0.39 is 18.6 Å². The second-order valence-electron chi connectivity index (χ2n) is 5.07. The minimum Gasteiger partial charge on any atom is -0.352 e. The summed E-state index contributed by atoms with van der Waals surface area (Å²) in [4.78, 5) is 16.2. The van der Waals surface area contributed by atoms with Gasteiger partial charge in [-0.2, -0.15) is 13.2 Å². The van der Waals surface area contributed by atoms with Crippen LogP contribution in [0.1, 0.15) is 11.1 Å². The zero-order valence-electron chi connectivity index (χ0n) is 13.8. The minimum absolute atomic E-state index is 0. The van der Waals surface area contributed by atoms with Crippen LogP contribution >= 0.6 is 24.0 Å². The third-order valence-electron chi connectivity index (χ3n) is 3.18. The Hall–Kier alpha value is -1.52. The monoisotopic (exact) mass is 458 g/mol. The molecule has 0 spiro atoms. The van der Waals surface area contributed by atoms with Gasteiger partial charge >= 0.3 is 6.18 Å². The van der Waals surface area contributed by atoms with Crippen molar-refractivity contribution < 1.29 is 18.0 Å². The summed E-state index contributed by atoms with van der Waals surface area (Å²) in [7, 11) is 2.64. The van der Waals surface area contributed by atoms with Gasteiger partial charge in [0.1, 0.15) is 6.54 Å². The van der Waals surface area contributed by atoms with E-state index >= 15 is 0 Å². The molecule has 24 heavy (non-hydrogen) atoms. The van der Waals surface area contributed by atoms with E-state index in [1.807, 2.05) is 31.2 Å². The lowest BCUT2D eigenvalue weighted by molar-refractivity contribution is -0.157. The normalized spacial score (nSPS) is 11.5. The Labute approximate surface area is 156 Å². The molecule has 9 heteroatoms. The molecule has 0 saturated heterocycles. The van der Waals surface area contributed by atoms with E-state index in [-0.39, 0.29) is 30.5 Å². The molecule has 1 amide bonds. The van der Waals surface area contributed by atoms with Crippen molar-refractivity contribution in [2.24, 2.45) is 4.99 Å². The number of hydrogen-bond acceptors (Lipinski definition) is 2. The minimum atomic E-state index is -4.41. The van der Waals surface area contributed by atoms with Crippen molar-refractivity contribution in [1.29, 1.82) is 0 Å². The Morgan fingerprint density at radius 3 is 2.42 bits per heavy atom. The SMILES string of the molecule is CN=C(NCC(=O)N(C)CC(F)(F)F)NCc1ccccc1C.I. The number of hydrogen-bond donors (Lipinski definition) is 2. The van der Waals surface area contributed by atoms with Gasteiger partial charge in [-0.15, -0.1) is 24.0 Å². The number of benzene rings is 1. The van der Waals surface area contributed by atoms with Crippen LogP contribution in [0, 0.1) is 6.92 Å². The second kappa shape index (κ2) is 10.4. The highest BCUT2D eigenvalue weighted by Crippen LogP contribution is 2.15. The lowest BCUT2D eigenvalue weighted by Gasteiger charge is -2.20. The molecule has 0 radical (unpaired) electrons. The first kappa shape index (κ1) is 22.5. The van der Waals surface area contributed by atoms with Crippen molar-refractivity contribution in [3.8, 4) is 0 Å². The number of rotatable bonds is 5. The Morgan fingerprint density at radius 1 is 1.25 bits per heavy atom. The first-order chi connectivity index (χ1) is 10.7. The van der Waals surface area contributed by atoms with Crippen LogP contribution < -0.4 is 10.6 Å². The van der Waals surface area contributed by atoms with Crippen LogP contribution in [0.3, 0.4) is 0 Å². The highest BCUT2D eigenvalue weighted by Gasteiger charge is 2.31. The van der Waals surface area contributed by atoms with Crippen LogP contribution in [-0.4, -0.2) is 50.1 Å². The van der Waals surface area contributed by atoms with Gasteiger partial charge in [-0.1, -0.05) is 24.3 Å². The molecule has 2 N–H and O–H groups in total. The zero-order valence-corrected chi connectivity index (χ0v) is 16.1. The first-order valence-electron chi connectivity index (χ1n) is 7.02. The van der Waals surface area contributed by atoms with Gasteiger partial charge in [0.2, 0.25) is 5.91 Å². The molecule has 1 aromatic rings. The number of carbonyl (C=O) groups is 1. The van der Waals surface area contributed by atoms with Crippen molar-refractivity contribution in [2.45, 2.75) is 19.6 Å². The molecule has 5 nitrogen and oxygen atoms in total. The summed E-state index contributed by atoms with van der Waals surface area (Å²) >= 11 is 0. The maximum absolute atomic E-state index is 12.2. The predicted octanol–water partition coefficient (Wildman–Crippen LogP) is 2.30. The van der Waals surface area contributed by atoms with Crippen molar-refractivity contribution in [2.75, 3.05) is 27.2 Å². The second-order valence-corrected chi connectivity index (χ2v) is 5.07. The number of guanidine groups is 1. The number of nitrogens with one attached hydrogen (secondary N) is 2. The van der Waals surface area contributed by atoms with E-state index in [9.17, 15) is 18.0 Å². The number of aliphatic imine (C=N–C) groups is 1. The van der Waals surface area contributed by atoms with Crippen LogP contribution in [0.2, 0.25) is 0 Å². The maximum Gasteiger partial charge on any atom is 0.406 e. The highest BCUT2D eigenvalue weighted by atomic mass is 127. The fraction of sp³-hybridized carbons (Fsp3) is 0.467. The number of aryl methyl sites for hydroxylation is 1. The van der Waals surface area contributed by atoms with Crippen molar-refractivity contribution in [3.05, 3.63) is 35.4 Å². The van der Waals surface area contributed by atoms with Crippen LogP contribution in [-0.2, 0) is 11.3 Å². The van der Waals surface area contributed by atoms with E-state index in [1.165, 1.54) is 7.05 Å². The van der Waals surface area contributed by atoms with Crippen molar-refractivity contribution in [3.63, 3.8) is 0 Å². The summed E-state index contributed by atoms with van der Waals surface area (Å²) in [6, 6.07) is 7.78. The quantitative estimate of drug-likeness (QED) is 0.405. The Morgan fingerprint density at radius 2 is 1.88 bits per heavy atom. The third kappa shape index (κ3) is 8.37. The van der Waals surface area contributed by atoms with E-state index in [4.69, 9.17) is 0 Å². The van der Waals surface area contributed by atoms with E-state index in [0.29, 0.717) is 17.4 Å². The summed E-state index contributed by atoms with van der Waals surface area (Å²) in [5.74, 6) is -0.317. The summed E-state index contributed by atoms with van der Waals surface area (Å²) in [5, 5.41) is 5.72. The Bertz CT molecular complexity index is 564. The van der Waals surface area contributed by atoms with E-state index in [0.717, 1.165) is 18.2 Å². The molecule has 0 bridgehead atoms. The largest absolute Gasteiger partial charge is 0.406 e. The number of carbonyl (C=O) groups excluding carboxylic acids is 1. The van der Waals surface area contributed by atoms with E-state index in [1.54, 1.807) is 0 Å². The third-order valence-corrected chi connectivity index (χ3v) is 3.18. The summed E-state index contributed by atoms with van der Waals surface area (Å²) in [5.41, 5.74) is 2.17. The van der Waals surface area contributed by atoms with Gasteiger partial charge < -0.3 is 15.5 Å². The van der Waals surface area contributed by atoms with Gasteiger partial charge in [-0.05, 0) is 18.1 Å². The number of amides is 1. The lowest BCUT2D eigenvalue weighted by Crippen LogP contribution is -2.45. The van der Waals surface area contributed by atoms with Crippen molar-refractivity contribution >= 4 is 35.8 Å². The van der Waals surface area contributed by atoms with Gasteiger partial charge in [0.15, 0.2) is 5.96 Å². The smallest absolute Gasteiger partial charge is 0.352 e. The highest BCUT2D eigenvalue weighted by molar-refractivity contribution is 14.0. The number of halogens is 4. The molecule has 0 unspecified atom stereocenters. The fourth-order valence-electron chi connectivity index (χ4n) is 1.86. The van der Waals surface area contributed by atoms with Gasteiger partial charge in [0, 0.05) is 20.6 Å². The molecular formula is C15H22F3IN4O. The molecule has 0 heterocycles. The molecule has 136 valence electrons. The zero-order chi connectivity index (χ0) is 17.5. The topological polar surface area (TPSA) is 56.7 Å². The summed E-state index contributed by atoms with van der Waals surface area (Å²) < 4.78 is 36.7. The molecule has 0 aromatic heterocycles. The molecular weight excluding hydrogens is 436 g/mol. The fourth-order valence-corrected chi connectivity index (χ4v) is 1.86. The molecule has 0 aliphatic heterocycles. The molecule has 0 saturated carbocycles. The molecule has 1 rings (SSSR count). The number of alkyl halides is 3. The van der Waals surface area contributed by atoms with E-state index in [2.05, 4.69) is 15.6 Å². The van der Waals surface area contributed by atoms with Gasteiger partial charge in [-0.25, -0.2) is 0 Å². The van der Waals surface area contributed by atoms with Gasteiger partial charge in [0.05, 0.1) is 6.54 Å². The molecule has 0 aliphatic rings. The first-order valence-corrected chi connectivity index (χ1v) is 7.02. The molecule has 1 aromatic carbocycles.